The number of hydrogen-bond donors (Lipinski definition) is 1. The summed E-state index contributed by atoms with van der Waals surface area (Å²) in [5, 5.41) is 12.6. The number of amides is 1. The second kappa shape index (κ2) is 6.48. The lowest BCUT2D eigenvalue weighted by Gasteiger charge is -2.03. The van der Waals surface area contributed by atoms with E-state index in [0.29, 0.717) is 11.8 Å². The Bertz CT molecular complexity index is 421. The number of benzene rings is 1. The quantitative estimate of drug-likeness (QED) is 0.766. The Hall–Kier alpha value is -2.10. The number of anilines is 1. The molecule has 1 aromatic carbocycles. The molecule has 17 heavy (non-hydrogen) atoms. The number of aryl methyl sites for hydroxylation is 1. The van der Waals surface area contributed by atoms with E-state index in [1.807, 2.05) is 12.1 Å². The fourth-order valence-electron chi connectivity index (χ4n) is 1.37. The lowest BCUT2D eigenvalue weighted by molar-refractivity contribution is -0.297. The van der Waals surface area contributed by atoms with Crippen LogP contribution in [0.4, 0.5) is 5.69 Å². The van der Waals surface area contributed by atoms with E-state index in [4.69, 9.17) is 0 Å². The highest BCUT2D eigenvalue weighted by atomic mass is 16.4. The van der Waals surface area contributed by atoms with Gasteiger partial charge in [0.1, 0.15) is 0 Å². The van der Waals surface area contributed by atoms with Crippen LogP contribution < -0.4 is 10.4 Å². The Kier molecular flexibility index (Phi) is 4.94. The maximum atomic E-state index is 11.2. The highest BCUT2D eigenvalue weighted by Crippen LogP contribution is 2.10. The zero-order chi connectivity index (χ0) is 12.7. The predicted octanol–water partition coefficient (Wildman–Crippen LogP) is 0.884. The molecule has 4 heteroatoms. The second-order valence-electron chi connectivity index (χ2n) is 3.59. The van der Waals surface area contributed by atoms with E-state index < -0.39 is 11.9 Å². The van der Waals surface area contributed by atoms with Crippen molar-refractivity contribution in [1.82, 2.24) is 0 Å². The maximum Gasteiger partial charge on any atom is 0.248 e. The number of aliphatic carboxylic acids is 1. The summed E-state index contributed by atoms with van der Waals surface area (Å²) in [6.45, 7) is 2.10. The van der Waals surface area contributed by atoms with E-state index in [-0.39, 0.29) is 0 Å². The molecule has 4 nitrogen and oxygen atoms in total. The van der Waals surface area contributed by atoms with Crippen LogP contribution in [-0.2, 0) is 16.0 Å². The van der Waals surface area contributed by atoms with E-state index >= 15 is 0 Å². The topological polar surface area (TPSA) is 69.2 Å². The van der Waals surface area contributed by atoms with E-state index in [1.165, 1.54) is 5.56 Å². The molecule has 1 rings (SSSR count). The summed E-state index contributed by atoms with van der Waals surface area (Å²) < 4.78 is 0. The van der Waals surface area contributed by atoms with Crippen LogP contribution in [0, 0.1) is 0 Å². The van der Waals surface area contributed by atoms with Gasteiger partial charge in [0.25, 0.3) is 0 Å². The molecule has 0 radical (unpaired) electrons. The van der Waals surface area contributed by atoms with Gasteiger partial charge in [0.15, 0.2) is 0 Å². The molecule has 1 amide bonds. The molecule has 0 aromatic heterocycles. The number of carboxylic acid groups (broad SMARTS) is 1. The molecule has 0 aliphatic rings. The van der Waals surface area contributed by atoms with Gasteiger partial charge in [0, 0.05) is 11.8 Å². The van der Waals surface area contributed by atoms with Gasteiger partial charge in [-0.25, -0.2) is 0 Å². The molecule has 0 saturated heterocycles. The Balaban J connectivity index is 2.57. The number of nitrogens with one attached hydrogen (secondary N) is 1. The Morgan fingerprint density at radius 3 is 2.41 bits per heavy atom. The van der Waals surface area contributed by atoms with Crippen molar-refractivity contribution in [3.8, 4) is 0 Å². The summed E-state index contributed by atoms with van der Waals surface area (Å²) >= 11 is 0. The first-order valence-corrected chi connectivity index (χ1v) is 5.41. The third-order valence-electron chi connectivity index (χ3n) is 2.13. The Morgan fingerprint density at radius 1 is 1.24 bits per heavy atom. The van der Waals surface area contributed by atoms with Crippen LogP contribution in [0.2, 0.25) is 0 Å². The van der Waals surface area contributed by atoms with Gasteiger partial charge in [-0.2, -0.15) is 0 Å². The molecular formula is C13H14NO3-. The summed E-state index contributed by atoms with van der Waals surface area (Å²) in [5.41, 5.74) is 1.84. The normalized spacial score (nSPS) is 10.4. The van der Waals surface area contributed by atoms with Crippen molar-refractivity contribution in [2.24, 2.45) is 0 Å². The van der Waals surface area contributed by atoms with Crippen molar-refractivity contribution in [1.29, 1.82) is 0 Å². The van der Waals surface area contributed by atoms with Crippen LogP contribution in [0.25, 0.3) is 0 Å². The van der Waals surface area contributed by atoms with E-state index in [2.05, 4.69) is 12.2 Å². The predicted molar refractivity (Wildman–Crippen MR) is 63.2 cm³/mol. The molecule has 0 aliphatic carbocycles. The molecule has 1 N–H and O–H groups in total. The number of carbonyl (C=O) groups is 2. The average Bonchev–Trinajstić information content (AvgIpc) is 2.29. The molecule has 0 atom stereocenters. The van der Waals surface area contributed by atoms with Gasteiger partial charge in [-0.15, -0.1) is 0 Å². The van der Waals surface area contributed by atoms with E-state index in [0.717, 1.165) is 18.9 Å². The van der Waals surface area contributed by atoms with E-state index in [1.54, 1.807) is 12.1 Å². The molecule has 1 aromatic rings. The number of carbonyl (C=O) groups excluding carboxylic acids is 2. The molecule has 0 aliphatic heterocycles. The van der Waals surface area contributed by atoms with Gasteiger partial charge in [0.05, 0.1) is 5.97 Å². The van der Waals surface area contributed by atoms with Crippen LogP contribution in [0.5, 0.6) is 0 Å². The van der Waals surface area contributed by atoms with Gasteiger partial charge in [-0.05, 0) is 30.2 Å². The Morgan fingerprint density at radius 2 is 1.88 bits per heavy atom. The van der Waals surface area contributed by atoms with Gasteiger partial charge >= 0.3 is 0 Å². The van der Waals surface area contributed by atoms with Crippen LogP contribution in [-0.4, -0.2) is 11.9 Å². The molecule has 0 saturated carbocycles. The summed E-state index contributed by atoms with van der Waals surface area (Å²) in [7, 11) is 0. The first kappa shape index (κ1) is 13.0. The van der Waals surface area contributed by atoms with Crippen molar-refractivity contribution in [3.63, 3.8) is 0 Å². The molecule has 0 bridgehead atoms. The molecule has 0 spiro atoms. The lowest BCUT2D eigenvalue weighted by Crippen LogP contribution is -2.20. The summed E-state index contributed by atoms with van der Waals surface area (Å²) in [6.07, 6.45) is 3.69. The minimum absolute atomic E-state index is 0.488. The molecule has 0 heterocycles. The number of rotatable bonds is 5. The minimum atomic E-state index is -1.39. The maximum absolute atomic E-state index is 11.2. The fraction of sp³-hybridized carbons (Fsp3) is 0.231. The zero-order valence-electron chi connectivity index (χ0n) is 9.60. The summed E-state index contributed by atoms with van der Waals surface area (Å²) in [6, 6.07) is 7.44. The highest BCUT2D eigenvalue weighted by Gasteiger charge is 1.97. The third-order valence-corrected chi connectivity index (χ3v) is 2.13. The van der Waals surface area contributed by atoms with Gasteiger partial charge in [-0.3, -0.25) is 4.79 Å². The van der Waals surface area contributed by atoms with Gasteiger partial charge in [0.2, 0.25) is 5.91 Å². The first-order chi connectivity index (χ1) is 8.11. The van der Waals surface area contributed by atoms with Crippen molar-refractivity contribution in [3.05, 3.63) is 42.0 Å². The molecule has 90 valence electrons. The minimum Gasteiger partial charge on any atom is -0.545 e. The molecule has 0 fully saturated rings. The lowest BCUT2D eigenvalue weighted by atomic mass is 10.1. The van der Waals surface area contributed by atoms with Gasteiger partial charge < -0.3 is 15.2 Å². The second-order valence-corrected chi connectivity index (χ2v) is 3.59. The van der Waals surface area contributed by atoms with E-state index in [9.17, 15) is 14.7 Å². The molecule has 0 unspecified atom stereocenters. The summed E-state index contributed by atoms with van der Waals surface area (Å²) in [4.78, 5) is 21.3. The molecular weight excluding hydrogens is 218 g/mol. The Labute approximate surface area is 100.0 Å². The van der Waals surface area contributed by atoms with Crippen molar-refractivity contribution >= 4 is 17.6 Å². The van der Waals surface area contributed by atoms with Crippen LogP contribution in [0.3, 0.4) is 0 Å². The smallest absolute Gasteiger partial charge is 0.248 e. The zero-order valence-corrected chi connectivity index (χ0v) is 9.60. The first-order valence-electron chi connectivity index (χ1n) is 5.41. The van der Waals surface area contributed by atoms with Crippen molar-refractivity contribution < 1.29 is 14.7 Å². The van der Waals surface area contributed by atoms with Crippen LogP contribution in [0.15, 0.2) is 36.4 Å². The van der Waals surface area contributed by atoms with Crippen LogP contribution >= 0.6 is 0 Å². The standard InChI is InChI=1S/C13H15NO3/c1-2-3-10-4-6-11(7-5-10)14-12(15)8-9-13(16)17/h4-9H,2-3H2,1H3,(H,14,15)(H,16,17)/p-1/b9-8+. The number of hydrogen-bond acceptors (Lipinski definition) is 3. The number of carboxylic acids is 1. The van der Waals surface area contributed by atoms with Crippen molar-refractivity contribution in [2.45, 2.75) is 19.8 Å². The average molecular weight is 232 g/mol. The van der Waals surface area contributed by atoms with Crippen LogP contribution in [0.1, 0.15) is 18.9 Å². The third kappa shape index (κ3) is 4.97. The monoisotopic (exact) mass is 232 g/mol. The SMILES string of the molecule is CCCc1ccc(NC(=O)/C=C/C(=O)[O-])cc1. The largest absolute Gasteiger partial charge is 0.545 e. The highest BCUT2D eigenvalue weighted by molar-refractivity contribution is 6.02. The summed E-state index contributed by atoms with van der Waals surface area (Å²) in [5.74, 6) is -1.88. The fourth-order valence-corrected chi connectivity index (χ4v) is 1.37. The van der Waals surface area contributed by atoms with Crippen molar-refractivity contribution in [2.75, 3.05) is 5.32 Å². The van der Waals surface area contributed by atoms with Gasteiger partial charge in [-0.1, -0.05) is 25.5 Å².